The fourth-order valence-corrected chi connectivity index (χ4v) is 5.32. The molecule has 204 valence electrons. The molecule has 0 heterocycles. The normalized spacial score (nSPS) is 12.6. The molecule has 0 saturated heterocycles. The van der Waals surface area contributed by atoms with E-state index in [0.29, 0.717) is 27.7 Å². The van der Waals surface area contributed by atoms with Gasteiger partial charge < -0.3 is 10.2 Å². The van der Waals surface area contributed by atoms with Crippen LogP contribution in [0.4, 0.5) is 10.1 Å². The maximum atomic E-state index is 13.5. The van der Waals surface area contributed by atoms with E-state index in [1.165, 1.54) is 29.2 Å². The molecule has 7 nitrogen and oxygen atoms in total. The van der Waals surface area contributed by atoms with E-state index in [0.717, 1.165) is 10.6 Å². The molecule has 0 spiro atoms. The van der Waals surface area contributed by atoms with Gasteiger partial charge in [-0.25, -0.2) is 12.8 Å². The molecule has 0 aliphatic rings. The molecule has 0 radical (unpaired) electrons. The summed E-state index contributed by atoms with van der Waals surface area (Å²) in [6, 6.07) is 9.31. The first-order valence-electron chi connectivity index (χ1n) is 11.9. The number of nitrogens with one attached hydrogen (secondary N) is 1. The second-order valence-corrected chi connectivity index (χ2v) is 12.5. The van der Waals surface area contributed by atoms with Crippen LogP contribution in [0.15, 0.2) is 42.5 Å². The minimum Gasteiger partial charge on any atom is -0.350 e. The molecule has 0 bridgehead atoms. The SMILES string of the molecule is CCC(C(=O)NC(C)(C)C)N(Cc1c(Cl)cccc1Cl)C(=O)CCCN(c1ccc(F)cc1)S(C)(=O)=O. The van der Waals surface area contributed by atoms with E-state index in [9.17, 15) is 22.4 Å². The minimum atomic E-state index is -3.68. The van der Waals surface area contributed by atoms with Crippen LogP contribution in [0.2, 0.25) is 10.0 Å². The van der Waals surface area contributed by atoms with Crippen molar-refractivity contribution in [2.75, 3.05) is 17.1 Å². The lowest BCUT2D eigenvalue weighted by molar-refractivity contribution is -0.142. The summed E-state index contributed by atoms with van der Waals surface area (Å²) in [6.07, 6.45) is 1.54. The molecule has 2 rings (SSSR count). The molecular formula is C26H34Cl2FN3O4S. The summed E-state index contributed by atoms with van der Waals surface area (Å²) < 4.78 is 39.2. The second-order valence-electron chi connectivity index (χ2n) is 9.80. The summed E-state index contributed by atoms with van der Waals surface area (Å²) in [5.41, 5.74) is 0.309. The third-order valence-corrected chi connectivity index (χ3v) is 7.44. The Morgan fingerprint density at radius 3 is 2.11 bits per heavy atom. The van der Waals surface area contributed by atoms with E-state index in [4.69, 9.17) is 23.2 Å². The summed E-state index contributed by atoms with van der Waals surface area (Å²) in [6.45, 7) is 7.38. The van der Waals surface area contributed by atoms with Gasteiger partial charge in [0.15, 0.2) is 0 Å². The molecule has 0 aliphatic carbocycles. The highest BCUT2D eigenvalue weighted by Gasteiger charge is 2.31. The average molecular weight is 575 g/mol. The number of carbonyl (C=O) groups excluding carboxylic acids is 2. The summed E-state index contributed by atoms with van der Waals surface area (Å²) >= 11 is 12.7. The van der Waals surface area contributed by atoms with Gasteiger partial charge in [-0.15, -0.1) is 0 Å². The largest absolute Gasteiger partial charge is 0.350 e. The number of hydrogen-bond acceptors (Lipinski definition) is 4. The molecule has 11 heteroatoms. The molecule has 2 amide bonds. The predicted octanol–water partition coefficient (Wildman–Crippen LogP) is 5.40. The molecular weight excluding hydrogens is 540 g/mol. The van der Waals surface area contributed by atoms with Gasteiger partial charge in [-0.1, -0.05) is 36.2 Å². The molecule has 37 heavy (non-hydrogen) atoms. The van der Waals surface area contributed by atoms with Crippen LogP contribution in [0.25, 0.3) is 0 Å². The van der Waals surface area contributed by atoms with Crippen LogP contribution in [0.5, 0.6) is 0 Å². The van der Waals surface area contributed by atoms with Crippen LogP contribution in [-0.2, 0) is 26.2 Å². The van der Waals surface area contributed by atoms with Crippen molar-refractivity contribution in [3.8, 4) is 0 Å². The third-order valence-electron chi connectivity index (χ3n) is 5.54. The number of nitrogens with zero attached hydrogens (tertiary/aromatic N) is 2. The lowest BCUT2D eigenvalue weighted by Crippen LogP contribution is -2.53. The lowest BCUT2D eigenvalue weighted by Gasteiger charge is -2.33. The Hall–Kier alpha value is -2.36. The van der Waals surface area contributed by atoms with E-state index in [-0.39, 0.29) is 37.7 Å². The average Bonchev–Trinajstić information content (AvgIpc) is 2.77. The van der Waals surface area contributed by atoms with Gasteiger partial charge in [0.25, 0.3) is 0 Å². The highest BCUT2D eigenvalue weighted by molar-refractivity contribution is 7.92. The molecule has 1 unspecified atom stereocenters. The van der Waals surface area contributed by atoms with Crippen LogP contribution >= 0.6 is 23.2 Å². The zero-order valence-corrected chi connectivity index (χ0v) is 24.1. The van der Waals surface area contributed by atoms with Crippen LogP contribution in [-0.4, -0.2) is 49.5 Å². The van der Waals surface area contributed by atoms with Gasteiger partial charge in [0.05, 0.1) is 11.9 Å². The molecule has 0 saturated carbocycles. The number of hydrogen-bond donors (Lipinski definition) is 1. The molecule has 1 atom stereocenters. The number of amides is 2. The van der Waals surface area contributed by atoms with Gasteiger partial charge in [-0.2, -0.15) is 0 Å². The minimum absolute atomic E-state index is 0.00186. The van der Waals surface area contributed by atoms with Crippen molar-refractivity contribution in [2.45, 2.75) is 65.1 Å². The first kappa shape index (κ1) is 30.9. The Morgan fingerprint density at radius 1 is 1.05 bits per heavy atom. The van der Waals surface area contributed by atoms with Gasteiger partial charge in [0, 0.05) is 40.7 Å². The molecule has 1 N–H and O–H groups in total. The number of sulfonamides is 1. The summed E-state index contributed by atoms with van der Waals surface area (Å²) in [7, 11) is -3.68. The van der Waals surface area contributed by atoms with Gasteiger partial charge in [-0.3, -0.25) is 13.9 Å². The fourth-order valence-electron chi connectivity index (χ4n) is 3.84. The number of benzene rings is 2. The number of rotatable bonds is 11. The van der Waals surface area contributed by atoms with E-state index in [1.54, 1.807) is 25.1 Å². The zero-order chi connectivity index (χ0) is 28.0. The molecule has 2 aromatic carbocycles. The van der Waals surface area contributed by atoms with Gasteiger partial charge >= 0.3 is 0 Å². The van der Waals surface area contributed by atoms with Gasteiger partial charge in [0.1, 0.15) is 11.9 Å². The van der Waals surface area contributed by atoms with Crippen molar-refractivity contribution < 1.29 is 22.4 Å². The number of carbonyl (C=O) groups is 2. The number of halogens is 3. The quantitative estimate of drug-likeness (QED) is 0.390. The van der Waals surface area contributed by atoms with Crippen molar-refractivity contribution >= 4 is 50.7 Å². The van der Waals surface area contributed by atoms with Crippen molar-refractivity contribution in [2.24, 2.45) is 0 Å². The van der Waals surface area contributed by atoms with E-state index < -0.39 is 27.4 Å². The molecule has 0 fully saturated rings. The highest BCUT2D eigenvalue weighted by Crippen LogP contribution is 2.28. The lowest BCUT2D eigenvalue weighted by atomic mass is 10.0. The summed E-state index contributed by atoms with van der Waals surface area (Å²) in [5.74, 6) is -1.14. The van der Waals surface area contributed by atoms with E-state index in [2.05, 4.69) is 5.32 Å². The van der Waals surface area contributed by atoms with Gasteiger partial charge in [0.2, 0.25) is 21.8 Å². The van der Waals surface area contributed by atoms with E-state index >= 15 is 0 Å². The zero-order valence-electron chi connectivity index (χ0n) is 21.7. The Morgan fingerprint density at radius 2 is 1.62 bits per heavy atom. The van der Waals surface area contributed by atoms with Crippen LogP contribution in [0, 0.1) is 5.82 Å². The maximum Gasteiger partial charge on any atom is 0.243 e. The van der Waals surface area contributed by atoms with Gasteiger partial charge in [-0.05, 0) is 70.0 Å². The molecule has 0 aliphatic heterocycles. The third kappa shape index (κ3) is 9.16. The predicted molar refractivity (Wildman–Crippen MR) is 147 cm³/mol. The van der Waals surface area contributed by atoms with Crippen molar-refractivity contribution in [3.63, 3.8) is 0 Å². The first-order chi connectivity index (χ1) is 17.1. The van der Waals surface area contributed by atoms with Crippen molar-refractivity contribution in [1.29, 1.82) is 0 Å². The Balaban J connectivity index is 2.29. The summed E-state index contributed by atoms with van der Waals surface area (Å²) in [5, 5.41) is 3.67. The topological polar surface area (TPSA) is 86.8 Å². The Labute approximate surface area is 229 Å². The van der Waals surface area contributed by atoms with Crippen molar-refractivity contribution in [3.05, 3.63) is 63.9 Å². The van der Waals surface area contributed by atoms with Crippen LogP contribution < -0.4 is 9.62 Å². The Kier molecular flexibility index (Phi) is 10.8. The first-order valence-corrected chi connectivity index (χ1v) is 14.5. The standard InChI is InChI=1S/C26H34Cl2FN3O4S/c1-6-23(25(34)30-26(2,3)4)31(17-20-21(27)9-7-10-22(20)28)24(33)11-8-16-32(37(5,35)36)19-14-12-18(29)13-15-19/h7,9-10,12-15,23H,6,8,11,16-17H2,1-5H3,(H,30,34). The Bertz CT molecular complexity index is 1180. The van der Waals surface area contributed by atoms with E-state index in [1.807, 2.05) is 20.8 Å². The molecule has 0 aromatic heterocycles. The fraction of sp³-hybridized carbons (Fsp3) is 0.462. The van der Waals surface area contributed by atoms with Crippen LogP contribution in [0.3, 0.4) is 0 Å². The smallest absolute Gasteiger partial charge is 0.243 e. The second kappa shape index (κ2) is 12.9. The number of anilines is 1. The maximum absolute atomic E-state index is 13.5. The highest BCUT2D eigenvalue weighted by atomic mass is 35.5. The monoisotopic (exact) mass is 573 g/mol. The van der Waals surface area contributed by atoms with Crippen LogP contribution in [0.1, 0.15) is 52.5 Å². The summed E-state index contributed by atoms with van der Waals surface area (Å²) in [4.78, 5) is 28.1. The molecule has 2 aromatic rings. The van der Waals surface area contributed by atoms with Crippen molar-refractivity contribution in [1.82, 2.24) is 10.2 Å².